The fraction of sp³-hybridized carbons (Fsp3) is 0.190. The second kappa shape index (κ2) is 8.02. The lowest BCUT2D eigenvalue weighted by Gasteiger charge is -2.25. The Morgan fingerprint density at radius 2 is 2.13 bits per heavy atom. The Kier molecular flexibility index (Phi) is 5.26. The number of nitrogens with one attached hydrogen (secondary N) is 3. The van der Waals surface area contributed by atoms with Crippen LogP contribution >= 0.6 is 0 Å². The van der Waals surface area contributed by atoms with E-state index in [-0.39, 0.29) is 17.6 Å². The third-order valence-corrected chi connectivity index (χ3v) is 4.81. The third-order valence-electron chi connectivity index (χ3n) is 4.81. The van der Waals surface area contributed by atoms with E-state index in [1.165, 1.54) is 24.4 Å². The van der Waals surface area contributed by atoms with Crippen molar-refractivity contribution < 1.29 is 22.9 Å². The molecule has 9 heteroatoms. The molecular formula is C21H19F3N5O+. The van der Waals surface area contributed by atoms with Crippen molar-refractivity contribution in [2.24, 2.45) is 0 Å². The number of rotatable bonds is 5. The number of amides is 1. The Morgan fingerprint density at radius 3 is 2.83 bits per heavy atom. The maximum absolute atomic E-state index is 13.6. The van der Waals surface area contributed by atoms with Crippen LogP contribution in [0, 0.1) is 0 Å². The molecule has 2 aromatic rings. The number of alkyl halides is 3. The fourth-order valence-corrected chi connectivity index (χ4v) is 3.44. The van der Waals surface area contributed by atoms with Crippen LogP contribution in [0.1, 0.15) is 17.3 Å². The van der Waals surface area contributed by atoms with E-state index in [1.54, 1.807) is 24.5 Å². The van der Waals surface area contributed by atoms with Crippen LogP contribution in [-0.4, -0.2) is 28.1 Å². The van der Waals surface area contributed by atoms with Crippen molar-refractivity contribution in [1.82, 2.24) is 20.5 Å². The number of hydrogen-bond donors (Lipinski definition) is 2. The number of hydrogen-bond acceptors (Lipinski definition) is 4. The lowest BCUT2D eigenvalue weighted by molar-refractivity contribution is -0.378. The predicted octanol–water partition coefficient (Wildman–Crippen LogP) is 2.38. The van der Waals surface area contributed by atoms with Crippen molar-refractivity contribution in [3.05, 3.63) is 96.0 Å². The van der Waals surface area contributed by atoms with Crippen molar-refractivity contribution in [2.45, 2.75) is 24.8 Å². The molecule has 2 unspecified atom stereocenters. The van der Waals surface area contributed by atoms with Crippen molar-refractivity contribution in [3.8, 4) is 0 Å². The zero-order valence-corrected chi connectivity index (χ0v) is 15.7. The molecule has 0 aromatic carbocycles. The van der Waals surface area contributed by atoms with E-state index in [9.17, 15) is 18.0 Å². The molecule has 2 atom stereocenters. The molecule has 0 aliphatic carbocycles. The molecule has 0 radical (unpaired) electrons. The number of carbonyl (C=O) groups excluding carboxylic acids is 1. The molecule has 4 rings (SSSR count). The average Bonchev–Trinajstić information content (AvgIpc) is 3.11. The number of pyridine rings is 2. The fourth-order valence-electron chi connectivity index (χ4n) is 3.44. The molecule has 6 nitrogen and oxygen atoms in total. The minimum absolute atomic E-state index is 0.0886. The second-order valence-electron chi connectivity index (χ2n) is 6.85. The molecule has 1 amide bonds. The lowest BCUT2D eigenvalue weighted by atomic mass is 10.1. The Morgan fingerprint density at radius 1 is 1.27 bits per heavy atom. The van der Waals surface area contributed by atoms with Crippen molar-refractivity contribution in [3.63, 3.8) is 0 Å². The Bertz CT molecular complexity index is 1000. The van der Waals surface area contributed by atoms with E-state index in [1.807, 2.05) is 29.3 Å². The van der Waals surface area contributed by atoms with Gasteiger partial charge in [0.1, 0.15) is 11.9 Å². The topological polar surface area (TPSA) is 71.4 Å². The second-order valence-corrected chi connectivity index (χ2v) is 6.85. The molecule has 0 bridgehead atoms. The molecular weight excluding hydrogens is 395 g/mol. The summed E-state index contributed by atoms with van der Waals surface area (Å²) in [5, 5.41) is 5.17. The monoisotopic (exact) mass is 414 g/mol. The molecule has 2 aliphatic rings. The smallest absolute Gasteiger partial charge is 0.358 e. The van der Waals surface area contributed by atoms with Crippen LogP contribution in [-0.2, 0) is 11.2 Å². The van der Waals surface area contributed by atoms with Crippen LogP contribution in [0.25, 0.3) is 0 Å². The van der Waals surface area contributed by atoms with Crippen molar-refractivity contribution in [2.75, 3.05) is 0 Å². The van der Waals surface area contributed by atoms with E-state index in [0.29, 0.717) is 12.1 Å². The number of halogens is 3. The minimum atomic E-state index is -4.69. The van der Waals surface area contributed by atoms with Gasteiger partial charge in [-0.2, -0.15) is 13.2 Å². The molecule has 3 N–H and O–H groups in total. The number of allylic oxidation sites excluding steroid dienone is 3. The largest absolute Gasteiger partial charge is 0.414 e. The van der Waals surface area contributed by atoms with E-state index >= 15 is 0 Å². The molecule has 0 saturated carbocycles. The first kappa shape index (κ1) is 19.7. The van der Waals surface area contributed by atoms with Gasteiger partial charge in [0, 0.05) is 30.4 Å². The highest BCUT2D eigenvalue weighted by molar-refractivity contribution is 5.95. The normalized spacial score (nSPS) is 18.8. The first-order valence-corrected chi connectivity index (χ1v) is 9.31. The molecule has 154 valence electrons. The first-order valence-electron chi connectivity index (χ1n) is 9.31. The van der Waals surface area contributed by atoms with Gasteiger partial charge in [0.2, 0.25) is 0 Å². The summed E-state index contributed by atoms with van der Waals surface area (Å²) in [6, 6.07) is 5.79. The summed E-state index contributed by atoms with van der Waals surface area (Å²) in [4.78, 5) is 21.5. The quantitative estimate of drug-likeness (QED) is 0.788. The Hall–Kier alpha value is -3.62. The van der Waals surface area contributed by atoms with E-state index in [4.69, 9.17) is 0 Å². The van der Waals surface area contributed by atoms with Crippen LogP contribution in [0.3, 0.4) is 0 Å². The molecule has 0 spiro atoms. The molecule has 2 aliphatic heterocycles. The molecule has 30 heavy (non-hydrogen) atoms. The molecule has 0 saturated heterocycles. The Labute approximate surface area is 170 Å². The highest BCUT2D eigenvalue weighted by Crippen LogP contribution is 2.33. The number of fused-ring (bicyclic) bond motifs is 1. The highest BCUT2D eigenvalue weighted by atomic mass is 19.4. The van der Waals surface area contributed by atoms with E-state index in [2.05, 4.69) is 20.6 Å². The summed E-state index contributed by atoms with van der Waals surface area (Å²) >= 11 is 0. The van der Waals surface area contributed by atoms with Crippen LogP contribution in [0.4, 0.5) is 13.2 Å². The summed E-state index contributed by atoms with van der Waals surface area (Å²) in [6.07, 6.45) is 7.46. The summed E-state index contributed by atoms with van der Waals surface area (Å²) < 4.78 is 40.9. The van der Waals surface area contributed by atoms with Gasteiger partial charge in [-0.3, -0.25) is 9.78 Å². The zero-order valence-electron chi connectivity index (χ0n) is 15.7. The van der Waals surface area contributed by atoms with Gasteiger partial charge >= 0.3 is 6.18 Å². The summed E-state index contributed by atoms with van der Waals surface area (Å²) in [7, 11) is 0. The highest BCUT2D eigenvalue weighted by Gasteiger charge is 2.44. The lowest BCUT2D eigenvalue weighted by Crippen LogP contribution is -2.42. The third kappa shape index (κ3) is 4.05. The van der Waals surface area contributed by atoms with Crippen LogP contribution in [0.5, 0.6) is 0 Å². The Balaban J connectivity index is 1.58. The number of aromatic nitrogens is 2. The minimum Gasteiger partial charge on any atom is -0.358 e. The molecule has 0 fully saturated rings. The van der Waals surface area contributed by atoms with Crippen LogP contribution in [0.2, 0.25) is 0 Å². The standard InChI is InChI=1S/C21H18F3N5O/c22-21(23,24)19(15-7-1-3-10-26-15)28-20(30)18-16-8-2-4-11-29(16)17(27-18)12-14-6-5-9-25-13-14/h1-11,13,17,19,27H,12H2,(H,28,30)/p+1. The summed E-state index contributed by atoms with van der Waals surface area (Å²) in [5.74, 6) is -0.843. The SMILES string of the molecule is O=C(NC(c1ccccn1)C(F)(F)F)C1=C2C=CC=CN2C(Cc2ccc[nH+]c2)N1. The maximum atomic E-state index is 13.6. The predicted molar refractivity (Wildman–Crippen MR) is 102 cm³/mol. The molecule has 2 aromatic heterocycles. The zero-order chi connectivity index (χ0) is 21.1. The summed E-state index contributed by atoms with van der Waals surface area (Å²) in [5.41, 5.74) is 1.32. The van der Waals surface area contributed by atoms with E-state index < -0.39 is 18.1 Å². The maximum Gasteiger partial charge on any atom is 0.414 e. The van der Waals surface area contributed by atoms with Gasteiger partial charge in [-0.05, 0) is 30.4 Å². The number of aromatic amines is 1. The first-order chi connectivity index (χ1) is 14.4. The van der Waals surface area contributed by atoms with Crippen molar-refractivity contribution >= 4 is 5.91 Å². The number of carbonyl (C=O) groups is 1. The van der Waals surface area contributed by atoms with Gasteiger partial charge in [-0.15, -0.1) is 0 Å². The van der Waals surface area contributed by atoms with Gasteiger partial charge in [0.25, 0.3) is 5.91 Å². The number of H-pyrrole nitrogens is 1. The van der Waals surface area contributed by atoms with Gasteiger partial charge in [-0.1, -0.05) is 12.1 Å². The number of nitrogens with zero attached hydrogens (tertiary/aromatic N) is 2. The molecule has 4 heterocycles. The van der Waals surface area contributed by atoms with Crippen LogP contribution < -0.4 is 15.6 Å². The van der Waals surface area contributed by atoms with Gasteiger partial charge in [0.05, 0.1) is 11.4 Å². The van der Waals surface area contributed by atoms with Crippen LogP contribution in [0.15, 0.2) is 84.7 Å². The summed E-state index contributed by atoms with van der Waals surface area (Å²) in [6.45, 7) is 0. The van der Waals surface area contributed by atoms with Gasteiger partial charge in [-0.25, -0.2) is 4.98 Å². The van der Waals surface area contributed by atoms with E-state index in [0.717, 1.165) is 5.56 Å². The van der Waals surface area contributed by atoms with Gasteiger partial charge in [0.15, 0.2) is 18.4 Å². The average molecular weight is 414 g/mol. The van der Waals surface area contributed by atoms with Gasteiger partial charge < -0.3 is 15.5 Å². The van der Waals surface area contributed by atoms with Crippen molar-refractivity contribution in [1.29, 1.82) is 0 Å².